The van der Waals surface area contributed by atoms with Crippen molar-refractivity contribution < 1.29 is 22.7 Å². The molecule has 2 aromatic rings. The van der Waals surface area contributed by atoms with Gasteiger partial charge in [-0.15, -0.1) is 11.3 Å². The fraction of sp³-hybridized carbons (Fsp3) is 0.182. The fourth-order valence-corrected chi connectivity index (χ4v) is 3.79. The van der Waals surface area contributed by atoms with Crippen molar-refractivity contribution >= 4 is 27.3 Å². The molecule has 2 heterocycles. The summed E-state index contributed by atoms with van der Waals surface area (Å²) in [4.78, 5) is 10.6. The fourth-order valence-electron chi connectivity index (χ4n) is 1.47. The van der Waals surface area contributed by atoms with Crippen LogP contribution in [0.5, 0.6) is 0 Å². The Kier molecular flexibility index (Phi) is 3.74. The van der Waals surface area contributed by atoms with Gasteiger partial charge < -0.3 is 9.52 Å². The maximum atomic E-state index is 12.0. The molecule has 0 saturated carbocycles. The molecule has 0 bridgehead atoms. The van der Waals surface area contributed by atoms with Crippen LogP contribution < -0.4 is 4.72 Å². The molecular weight excluding hydrogens is 290 g/mol. The minimum atomic E-state index is -3.76. The molecule has 0 aromatic carbocycles. The van der Waals surface area contributed by atoms with E-state index in [-0.39, 0.29) is 9.77 Å². The summed E-state index contributed by atoms with van der Waals surface area (Å²) >= 11 is 0.867. The number of thiophene rings is 1. The zero-order valence-corrected chi connectivity index (χ0v) is 11.5. The third-order valence-corrected chi connectivity index (χ3v) is 4.99. The smallest absolute Gasteiger partial charge is 0.345 e. The van der Waals surface area contributed by atoms with E-state index in [0.29, 0.717) is 5.76 Å². The van der Waals surface area contributed by atoms with Crippen LogP contribution in [0.25, 0.3) is 0 Å². The number of carboxylic acids is 1. The van der Waals surface area contributed by atoms with E-state index in [4.69, 9.17) is 9.52 Å². The predicted octanol–water partition coefficient (Wildman–Crippen LogP) is 2.08. The normalized spacial score (nSPS) is 13.3. The average Bonchev–Trinajstić information content (AvgIpc) is 3.00. The highest BCUT2D eigenvalue weighted by Crippen LogP contribution is 2.22. The van der Waals surface area contributed by atoms with Crippen LogP contribution in [0.3, 0.4) is 0 Å². The Morgan fingerprint density at radius 2 is 2.26 bits per heavy atom. The Morgan fingerprint density at radius 3 is 2.79 bits per heavy atom. The number of nitrogens with one attached hydrogen (secondary N) is 1. The maximum Gasteiger partial charge on any atom is 0.345 e. The lowest BCUT2D eigenvalue weighted by Crippen LogP contribution is -2.26. The van der Waals surface area contributed by atoms with Gasteiger partial charge in [0.05, 0.1) is 17.2 Å². The van der Waals surface area contributed by atoms with Crippen LogP contribution in [-0.2, 0) is 10.0 Å². The number of furan rings is 1. The number of hydrogen-bond acceptors (Lipinski definition) is 5. The Hall–Kier alpha value is -1.64. The van der Waals surface area contributed by atoms with Crippen LogP contribution in [-0.4, -0.2) is 19.5 Å². The second-order valence-corrected chi connectivity index (χ2v) is 6.44. The number of carboxylic acid groups (broad SMARTS) is 1. The van der Waals surface area contributed by atoms with E-state index in [1.165, 1.54) is 11.6 Å². The van der Waals surface area contributed by atoms with Gasteiger partial charge in [-0.2, -0.15) is 0 Å². The molecule has 2 N–H and O–H groups in total. The summed E-state index contributed by atoms with van der Waals surface area (Å²) in [5.74, 6) is -0.664. The molecule has 0 spiro atoms. The number of rotatable bonds is 5. The van der Waals surface area contributed by atoms with Gasteiger partial charge in [0.2, 0.25) is 10.0 Å². The minimum absolute atomic E-state index is 0.0222. The monoisotopic (exact) mass is 301 g/mol. The van der Waals surface area contributed by atoms with Crippen molar-refractivity contribution in [2.24, 2.45) is 0 Å². The molecule has 0 radical (unpaired) electrons. The molecule has 0 aliphatic rings. The standard InChI is InChI=1S/C11H11NO5S2/c1-7(9-3-2-4-17-9)12-19(15,16)8-5-10(11(13)14)18-6-8/h2-7,12H,1H3,(H,13,14). The van der Waals surface area contributed by atoms with Crippen molar-refractivity contribution in [3.8, 4) is 0 Å². The molecular formula is C11H11NO5S2. The molecule has 2 rings (SSSR count). The first kappa shape index (κ1) is 13.8. The lowest BCUT2D eigenvalue weighted by atomic mass is 10.3. The van der Waals surface area contributed by atoms with E-state index < -0.39 is 22.0 Å². The Morgan fingerprint density at radius 1 is 1.53 bits per heavy atom. The molecule has 102 valence electrons. The summed E-state index contributed by atoms with van der Waals surface area (Å²) in [7, 11) is -3.76. The summed E-state index contributed by atoms with van der Waals surface area (Å²) in [6.45, 7) is 1.64. The van der Waals surface area contributed by atoms with Gasteiger partial charge in [-0.3, -0.25) is 0 Å². The highest BCUT2D eigenvalue weighted by molar-refractivity contribution is 7.89. The van der Waals surface area contributed by atoms with Gasteiger partial charge in [0.15, 0.2) is 0 Å². The molecule has 1 atom stereocenters. The SMILES string of the molecule is CC(NS(=O)(=O)c1csc(C(=O)O)c1)c1ccco1. The van der Waals surface area contributed by atoms with Crippen molar-refractivity contribution in [2.75, 3.05) is 0 Å². The molecule has 0 aliphatic heterocycles. The Bertz CT molecular complexity index is 672. The van der Waals surface area contributed by atoms with Gasteiger partial charge in [0.1, 0.15) is 10.6 Å². The largest absolute Gasteiger partial charge is 0.477 e. The first-order valence-corrected chi connectivity index (χ1v) is 7.64. The zero-order chi connectivity index (χ0) is 14.0. The van der Waals surface area contributed by atoms with E-state index in [0.717, 1.165) is 17.4 Å². The molecule has 0 fully saturated rings. The van der Waals surface area contributed by atoms with Crippen LogP contribution in [0.1, 0.15) is 28.4 Å². The van der Waals surface area contributed by atoms with Crippen LogP contribution in [0.4, 0.5) is 0 Å². The molecule has 1 unspecified atom stereocenters. The van der Waals surface area contributed by atoms with Gasteiger partial charge >= 0.3 is 5.97 Å². The van der Waals surface area contributed by atoms with Gasteiger partial charge in [-0.1, -0.05) is 0 Å². The van der Waals surface area contributed by atoms with Crippen molar-refractivity contribution in [3.05, 3.63) is 40.5 Å². The second-order valence-electron chi connectivity index (χ2n) is 3.81. The van der Waals surface area contributed by atoms with E-state index in [9.17, 15) is 13.2 Å². The van der Waals surface area contributed by atoms with Gasteiger partial charge in [0, 0.05) is 5.38 Å². The number of aromatic carboxylic acids is 1. The summed E-state index contributed by atoms with van der Waals surface area (Å²) in [5, 5.41) is 10.1. The van der Waals surface area contributed by atoms with E-state index >= 15 is 0 Å². The van der Waals surface area contributed by atoms with Crippen LogP contribution in [0.15, 0.2) is 39.2 Å². The lowest BCUT2D eigenvalue weighted by molar-refractivity contribution is 0.0702. The summed E-state index contributed by atoms with van der Waals surface area (Å²) < 4.78 is 31.6. The molecule has 0 amide bonds. The average molecular weight is 301 g/mol. The molecule has 2 aromatic heterocycles. The highest BCUT2D eigenvalue weighted by atomic mass is 32.2. The predicted molar refractivity (Wildman–Crippen MR) is 68.7 cm³/mol. The lowest BCUT2D eigenvalue weighted by Gasteiger charge is -2.10. The molecule has 6 nitrogen and oxygen atoms in total. The highest BCUT2D eigenvalue weighted by Gasteiger charge is 2.22. The van der Waals surface area contributed by atoms with Crippen LogP contribution >= 0.6 is 11.3 Å². The number of hydrogen-bond donors (Lipinski definition) is 2. The van der Waals surface area contributed by atoms with Gasteiger partial charge in [0.25, 0.3) is 0 Å². The Labute approximate surface area is 113 Å². The summed E-state index contributed by atoms with van der Waals surface area (Å²) in [5.41, 5.74) is 0. The van der Waals surface area contributed by atoms with Crippen LogP contribution in [0, 0.1) is 0 Å². The van der Waals surface area contributed by atoms with E-state index in [1.54, 1.807) is 19.1 Å². The molecule has 0 aliphatic carbocycles. The van der Waals surface area contributed by atoms with Crippen LogP contribution in [0.2, 0.25) is 0 Å². The number of sulfonamides is 1. The topological polar surface area (TPSA) is 96.6 Å². The maximum absolute atomic E-state index is 12.0. The quantitative estimate of drug-likeness (QED) is 0.881. The third-order valence-electron chi connectivity index (χ3n) is 2.40. The van der Waals surface area contributed by atoms with Crippen molar-refractivity contribution in [1.29, 1.82) is 0 Å². The Balaban J connectivity index is 2.20. The molecule has 8 heteroatoms. The van der Waals surface area contributed by atoms with Gasteiger partial charge in [-0.25, -0.2) is 17.9 Å². The van der Waals surface area contributed by atoms with Gasteiger partial charge in [-0.05, 0) is 25.1 Å². The van der Waals surface area contributed by atoms with Crippen molar-refractivity contribution in [3.63, 3.8) is 0 Å². The second kappa shape index (κ2) is 5.16. The summed E-state index contributed by atoms with van der Waals surface area (Å²) in [6.07, 6.45) is 1.45. The third kappa shape index (κ3) is 3.03. The molecule has 0 saturated heterocycles. The first-order valence-electron chi connectivity index (χ1n) is 5.28. The zero-order valence-electron chi connectivity index (χ0n) is 9.86. The van der Waals surface area contributed by atoms with Crippen molar-refractivity contribution in [1.82, 2.24) is 4.72 Å². The molecule has 19 heavy (non-hydrogen) atoms. The van der Waals surface area contributed by atoms with E-state index in [1.807, 2.05) is 0 Å². The first-order chi connectivity index (χ1) is 8.90. The summed E-state index contributed by atoms with van der Waals surface area (Å²) in [6, 6.07) is 3.91. The van der Waals surface area contributed by atoms with E-state index in [2.05, 4.69) is 4.72 Å². The number of carbonyl (C=O) groups is 1. The minimum Gasteiger partial charge on any atom is -0.477 e. The van der Waals surface area contributed by atoms with Crippen molar-refractivity contribution in [2.45, 2.75) is 17.9 Å².